The molecular formula is C18H35NO4. The van der Waals surface area contributed by atoms with Crippen LogP contribution in [-0.4, -0.2) is 29.8 Å². The van der Waals surface area contributed by atoms with Crippen molar-refractivity contribution < 1.29 is 19.4 Å². The number of nitrogens with one attached hydrogen (secondary N) is 1. The third-order valence-corrected chi connectivity index (χ3v) is 3.92. The van der Waals surface area contributed by atoms with Gasteiger partial charge in [0.1, 0.15) is 6.04 Å². The Bertz CT molecular complexity index is 307. The van der Waals surface area contributed by atoms with E-state index in [4.69, 9.17) is 9.84 Å². The highest BCUT2D eigenvalue weighted by molar-refractivity contribution is 5.80. The lowest BCUT2D eigenvalue weighted by Crippen LogP contribution is -2.41. The molecule has 23 heavy (non-hydrogen) atoms. The van der Waals surface area contributed by atoms with Crippen LogP contribution in [-0.2, 0) is 9.53 Å². The van der Waals surface area contributed by atoms with Gasteiger partial charge in [-0.1, -0.05) is 78.1 Å². The van der Waals surface area contributed by atoms with E-state index in [0.29, 0.717) is 13.0 Å². The van der Waals surface area contributed by atoms with E-state index in [1.165, 1.54) is 38.5 Å². The first-order valence-electron chi connectivity index (χ1n) is 9.27. The Labute approximate surface area is 141 Å². The maximum atomic E-state index is 11.9. The number of hydrogen-bond acceptors (Lipinski definition) is 3. The topological polar surface area (TPSA) is 75.6 Å². The zero-order valence-corrected chi connectivity index (χ0v) is 14.9. The molecule has 0 radical (unpaired) electrons. The van der Waals surface area contributed by atoms with Gasteiger partial charge in [0, 0.05) is 0 Å². The van der Waals surface area contributed by atoms with Crippen LogP contribution in [0.1, 0.15) is 90.9 Å². The van der Waals surface area contributed by atoms with E-state index >= 15 is 0 Å². The molecule has 0 aliphatic carbocycles. The normalized spacial score (nSPS) is 11.9. The fraction of sp³-hybridized carbons (Fsp3) is 0.889. The van der Waals surface area contributed by atoms with Crippen molar-refractivity contribution in [2.75, 3.05) is 6.61 Å². The van der Waals surface area contributed by atoms with Crippen LogP contribution < -0.4 is 5.32 Å². The minimum atomic E-state index is -1.17. The van der Waals surface area contributed by atoms with Gasteiger partial charge in [0.2, 0.25) is 0 Å². The van der Waals surface area contributed by atoms with E-state index in [1.807, 2.05) is 0 Å². The van der Waals surface area contributed by atoms with Crippen molar-refractivity contribution in [3.63, 3.8) is 0 Å². The van der Waals surface area contributed by atoms with Crippen molar-refractivity contribution in [3.8, 4) is 0 Å². The quantitative estimate of drug-likeness (QED) is 0.331. The predicted molar refractivity (Wildman–Crippen MR) is 92.7 cm³/mol. The lowest BCUT2D eigenvalue weighted by Gasteiger charge is -2.15. The van der Waals surface area contributed by atoms with Crippen molar-refractivity contribution in [1.29, 1.82) is 0 Å². The molecule has 1 unspecified atom stereocenters. The van der Waals surface area contributed by atoms with Crippen LogP contribution >= 0.6 is 0 Å². The second-order valence-corrected chi connectivity index (χ2v) is 6.14. The van der Waals surface area contributed by atoms with Crippen LogP contribution in [0.3, 0.4) is 0 Å². The zero-order chi connectivity index (χ0) is 17.3. The largest absolute Gasteiger partial charge is 0.465 e. The summed E-state index contributed by atoms with van der Waals surface area (Å²) in [4.78, 5) is 22.7. The summed E-state index contributed by atoms with van der Waals surface area (Å²) in [5, 5.41) is 11.1. The third-order valence-electron chi connectivity index (χ3n) is 3.92. The van der Waals surface area contributed by atoms with Gasteiger partial charge in [-0.2, -0.15) is 0 Å². The van der Waals surface area contributed by atoms with Gasteiger partial charge < -0.3 is 15.2 Å². The van der Waals surface area contributed by atoms with E-state index in [9.17, 15) is 9.59 Å². The number of carbonyl (C=O) groups is 2. The first-order valence-corrected chi connectivity index (χ1v) is 9.27. The number of carbonyl (C=O) groups excluding carboxylic acids is 1. The molecule has 0 aliphatic rings. The molecule has 0 fully saturated rings. The van der Waals surface area contributed by atoms with E-state index < -0.39 is 18.1 Å². The van der Waals surface area contributed by atoms with Gasteiger partial charge in [0.15, 0.2) is 0 Å². The third kappa shape index (κ3) is 14.1. The summed E-state index contributed by atoms with van der Waals surface area (Å²) in [6.07, 6.45) is 11.7. The van der Waals surface area contributed by atoms with Crippen LogP contribution in [0, 0.1) is 0 Å². The minimum Gasteiger partial charge on any atom is -0.465 e. The van der Waals surface area contributed by atoms with Gasteiger partial charge in [-0.25, -0.2) is 9.59 Å². The molecule has 2 N–H and O–H groups in total. The Morgan fingerprint density at radius 3 is 1.96 bits per heavy atom. The van der Waals surface area contributed by atoms with Crippen LogP contribution in [0.15, 0.2) is 0 Å². The number of ether oxygens (including phenoxy) is 1. The summed E-state index contributed by atoms with van der Waals surface area (Å²) in [5.41, 5.74) is 0. The zero-order valence-electron chi connectivity index (χ0n) is 14.9. The highest BCUT2D eigenvalue weighted by atomic mass is 16.5. The summed E-state index contributed by atoms with van der Waals surface area (Å²) >= 11 is 0. The Balaban J connectivity index is 3.74. The van der Waals surface area contributed by atoms with Crippen LogP contribution in [0.2, 0.25) is 0 Å². The standard InChI is InChI=1S/C18H35NO4/c1-3-5-7-8-9-10-11-13-15-23-17(20)16(19-18(21)22)14-12-6-4-2/h16,19H,3-15H2,1-2H3,(H,21,22). The van der Waals surface area contributed by atoms with Crippen LogP contribution in [0.25, 0.3) is 0 Å². The molecule has 1 atom stereocenters. The van der Waals surface area contributed by atoms with Crippen molar-refractivity contribution in [3.05, 3.63) is 0 Å². The molecule has 5 heteroatoms. The van der Waals surface area contributed by atoms with Gasteiger partial charge in [-0.3, -0.25) is 0 Å². The second-order valence-electron chi connectivity index (χ2n) is 6.14. The van der Waals surface area contributed by atoms with Gasteiger partial charge in [-0.15, -0.1) is 0 Å². The van der Waals surface area contributed by atoms with Crippen molar-refractivity contribution in [2.24, 2.45) is 0 Å². The van der Waals surface area contributed by atoms with Gasteiger partial charge in [0.05, 0.1) is 6.61 Å². The van der Waals surface area contributed by atoms with E-state index in [2.05, 4.69) is 19.2 Å². The Morgan fingerprint density at radius 1 is 0.870 bits per heavy atom. The molecule has 0 bridgehead atoms. The first kappa shape index (κ1) is 21.7. The van der Waals surface area contributed by atoms with Crippen LogP contribution in [0.5, 0.6) is 0 Å². The van der Waals surface area contributed by atoms with Crippen molar-refractivity contribution >= 4 is 12.1 Å². The smallest absolute Gasteiger partial charge is 0.405 e. The monoisotopic (exact) mass is 329 g/mol. The maximum Gasteiger partial charge on any atom is 0.405 e. The molecule has 0 aromatic rings. The highest BCUT2D eigenvalue weighted by Gasteiger charge is 2.21. The predicted octanol–water partition coefficient (Wildman–Crippen LogP) is 4.89. The van der Waals surface area contributed by atoms with Crippen molar-refractivity contribution in [1.82, 2.24) is 5.32 Å². The molecule has 0 rings (SSSR count). The lowest BCUT2D eigenvalue weighted by molar-refractivity contribution is -0.146. The average molecular weight is 329 g/mol. The van der Waals surface area contributed by atoms with Gasteiger partial charge in [0.25, 0.3) is 0 Å². The van der Waals surface area contributed by atoms with E-state index in [0.717, 1.165) is 32.1 Å². The van der Waals surface area contributed by atoms with E-state index in [1.54, 1.807) is 0 Å². The van der Waals surface area contributed by atoms with Gasteiger partial charge in [-0.05, 0) is 12.8 Å². The molecule has 1 amide bonds. The first-order chi connectivity index (χ1) is 11.1. The SMILES string of the molecule is CCCCCCCCCCOC(=O)C(CCCCC)NC(=O)O. The van der Waals surface area contributed by atoms with Gasteiger partial charge >= 0.3 is 12.1 Å². The number of rotatable bonds is 15. The number of amides is 1. The number of hydrogen-bond donors (Lipinski definition) is 2. The van der Waals surface area contributed by atoms with E-state index in [-0.39, 0.29) is 0 Å². The number of unbranched alkanes of at least 4 members (excludes halogenated alkanes) is 9. The maximum absolute atomic E-state index is 11.9. The molecule has 0 saturated heterocycles. The van der Waals surface area contributed by atoms with Crippen molar-refractivity contribution in [2.45, 2.75) is 96.9 Å². The molecule has 0 spiro atoms. The molecule has 5 nitrogen and oxygen atoms in total. The fourth-order valence-corrected chi connectivity index (χ4v) is 2.51. The summed E-state index contributed by atoms with van der Waals surface area (Å²) in [6, 6.07) is -0.729. The summed E-state index contributed by atoms with van der Waals surface area (Å²) in [6.45, 7) is 4.67. The summed E-state index contributed by atoms with van der Waals surface area (Å²) < 4.78 is 5.22. The molecule has 0 saturated carbocycles. The second kappa shape index (κ2) is 15.6. The average Bonchev–Trinajstić information content (AvgIpc) is 2.52. The number of carboxylic acid groups (broad SMARTS) is 1. The highest BCUT2D eigenvalue weighted by Crippen LogP contribution is 2.09. The molecule has 0 aromatic heterocycles. The fourth-order valence-electron chi connectivity index (χ4n) is 2.51. The summed E-state index contributed by atoms with van der Waals surface area (Å²) in [7, 11) is 0. The lowest BCUT2D eigenvalue weighted by atomic mass is 10.1. The Hall–Kier alpha value is -1.26. The molecular weight excluding hydrogens is 294 g/mol. The number of esters is 1. The Morgan fingerprint density at radius 2 is 1.39 bits per heavy atom. The molecule has 0 aromatic carbocycles. The Kier molecular flexibility index (Phi) is 14.8. The van der Waals surface area contributed by atoms with Crippen LogP contribution in [0.4, 0.5) is 4.79 Å². The molecule has 0 aliphatic heterocycles. The minimum absolute atomic E-state index is 0.388. The molecule has 0 heterocycles. The molecule has 136 valence electrons. The summed E-state index contributed by atoms with van der Waals surface area (Å²) in [5.74, 6) is -0.438.